The number of nitrogens with zero attached hydrogens (tertiary/aromatic N) is 1. The van der Waals surface area contributed by atoms with Crippen LogP contribution in [0.3, 0.4) is 0 Å². The third-order valence-corrected chi connectivity index (χ3v) is 3.55. The molecule has 7 heteroatoms. The number of benzene rings is 2. The maximum absolute atomic E-state index is 12.8. The van der Waals surface area contributed by atoms with Crippen molar-refractivity contribution < 1.29 is 22.8 Å². The molecule has 0 bridgehead atoms. The molecule has 4 nitrogen and oxygen atoms in total. The van der Waals surface area contributed by atoms with E-state index in [0.717, 1.165) is 23.2 Å². The first-order valence-electron chi connectivity index (χ1n) is 6.90. The van der Waals surface area contributed by atoms with Gasteiger partial charge < -0.3 is 5.73 Å². The lowest BCUT2D eigenvalue weighted by atomic mass is 10.1. The maximum Gasteiger partial charge on any atom is 0.416 e. The predicted molar refractivity (Wildman–Crippen MR) is 81.8 cm³/mol. The number of amides is 2. The van der Waals surface area contributed by atoms with Crippen LogP contribution in [0, 0.1) is 0 Å². The molecule has 0 saturated heterocycles. The number of fused-ring (bicyclic) bond motifs is 1. The van der Waals surface area contributed by atoms with Crippen LogP contribution in [0.1, 0.15) is 31.8 Å². The van der Waals surface area contributed by atoms with Crippen molar-refractivity contribution >= 4 is 23.6 Å². The van der Waals surface area contributed by atoms with Crippen molar-refractivity contribution in [3.63, 3.8) is 0 Å². The van der Waals surface area contributed by atoms with Gasteiger partial charge in [-0.3, -0.25) is 9.59 Å². The summed E-state index contributed by atoms with van der Waals surface area (Å²) in [7, 11) is 0. The molecule has 0 spiro atoms. The summed E-state index contributed by atoms with van der Waals surface area (Å²) in [4.78, 5) is 25.2. The lowest BCUT2D eigenvalue weighted by Crippen LogP contribution is -2.23. The molecule has 0 atom stereocenters. The second kappa shape index (κ2) is 5.52. The molecule has 2 aromatic carbocycles. The van der Waals surface area contributed by atoms with Gasteiger partial charge in [-0.15, -0.1) is 0 Å². The van der Waals surface area contributed by atoms with E-state index < -0.39 is 23.6 Å². The Morgan fingerprint density at radius 1 is 0.958 bits per heavy atom. The summed E-state index contributed by atoms with van der Waals surface area (Å²) in [6.45, 7) is 0. The molecule has 2 amide bonds. The van der Waals surface area contributed by atoms with Crippen molar-refractivity contribution in [3.05, 3.63) is 70.9 Å². The Hall–Kier alpha value is -3.09. The fourth-order valence-corrected chi connectivity index (χ4v) is 2.44. The van der Waals surface area contributed by atoms with Gasteiger partial charge in [-0.05, 0) is 42.0 Å². The van der Waals surface area contributed by atoms with Crippen molar-refractivity contribution in [2.24, 2.45) is 0 Å². The number of carbonyl (C=O) groups excluding carboxylic acids is 2. The van der Waals surface area contributed by atoms with Crippen molar-refractivity contribution in [1.29, 1.82) is 0 Å². The minimum atomic E-state index is -4.53. The standard InChI is InChI=1S/C17H11F3N2O2/c18-17(19,20)11-7-10(8-12(21)9-11)5-6-22-15(23)13-3-1-2-4-14(13)16(22)24/h1-9H,21H2. The molecule has 2 aromatic rings. The van der Waals surface area contributed by atoms with Crippen LogP contribution < -0.4 is 5.73 Å². The number of nitrogens with two attached hydrogens (primary N) is 1. The van der Waals surface area contributed by atoms with Crippen LogP contribution in [-0.2, 0) is 6.18 Å². The Balaban J connectivity index is 1.92. The summed E-state index contributed by atoms with van der Waals surface area (Å²) < 4.78 is 38.4. The van der Waals surface area contributed by atoms with Gasteiger partial charge >= 0.3 is 6.18 Å². The number of hydrogen-bond donors (Lipinski definition) is 1. The number of imide groups is 1. The Morgan fingerprint density at radius 3 is 2.08 bits per heavy atom. The minimum Gasteiger partial charge on any atom is -0.399 e. The number of hydrogen-bond acceptors (Lipinski definition) is 3. The second-order valence-electron chi connectivity index (χ2n) is 5.23. The molecule has 0 aromatic heterocycles. The largest absolute Gasteiger partial charge is 0.416 e. The molecule has 3 rings (SSSR count). The van der Waals surface area contributed by atoms with Gasteiger partial charge in [0.2, 0.25) is 0 Å². The number of halogens is 3. The Labute approximate surface area is 135 Å². The number of carbonyl (C=O) groups is 2. The van der Waals surface area contributed by atoms with Crippen LogP contribution in [0.5, 0.6) is 0 Å². The summed E-state index contributed by atoms with van der Waals surface area (Å²) in [6.07, 6.45) is -2.14. The van der Waals surface area contributed by atoms with Gasteiger partial charge in [-0.2, -0.15) is 13.2 Å². The average Bonchev–Trinajstić information content (AvgIpc) is 2.76. The topological polar surface area (TPSA) is 63.4 Å². The molecule has 0 aliphatic carbocycles. The third-order valence-electron chi connectivity index (χ3n) is 3.55. The summed E-state index contributed by atoms with van der Waals surface area (Å²) in [5.74, 6) is -1.04. The molecule has 1 aliphatic rings. The molecule has 2 N–H and O–H groups in total. The molecule has 0 saturated carbocycles. The van der Waals surface area contributed by atoms with Crippen LogP contribution in [-0.4, -0.2) is 16.7 Å². The monoisotopic (exact) mass is 332 g/mol. The molecule has 24 heavy (non-hydrogen) atoms. The third kappa shape index (κ3) is 2.76. The number of rotatable bonds is 2. The molecule has 122 valence electrons. The summed E-state index contributed by atoms with van der Waals surface area (Å²) in [5.41, 5.74) is 5.18. The van der Waals surface area contributed by atoms with E-state index in [1.807, 2.05) is 0 Å². The van der Waals surface area contributed by atoms with E-state index in [1.165, 1.54) is 24.3 Å². The lowest BCUT2D eigenvalue weighted by Gasteiger charge is -2.10. The fraction of sp³-hybridized carbons (Fsp3) is 0.0588. The fourth-order valence-electron chi connectivity index (χ4n) is 2.44. The van der Waals surface area contributed by atoms with Crippen molar-refractivity contribution in [2.45, 2.75) is 6.18 Å². The van der Waals surface area contributed by atoms with Gasteiger partial charge in [0.05, 0.1) is 16.7 Å². The van der Waals surface area contributed by atoms with E-state index in [9.17, 15) is 22.8 Å². The summed E-state index contributed by atoms with van der Waals surface area (Å²) in [5, 5.41) is 0. The molecule has 0 unspecified atom stereocenters. The molecule has 1 heterocycles. The zero-order valence-corrected chi connectivity index (χ0v) is 12.2. The van der Waals surface area contributed by atoms with Crippen molar-refractivity contribution in [1.82, 2.24) is 4.90 Å². The van der Waals surface area contributed by atoms with Gasteiger partial charge in [0.15, 0.2) is 0 Å². The first-order chi connectivity index (χ1) is 11.3. The van der Waals surface area contributed by atoms with Crippen LogP contribution in [0.2, 0.25) is 0 Å². The van der Waals surface area contributed by atoms with E-state index in [2.05, 4.69) is 0 Å². The quantitative estimate of drug-likeness (QED) is 0.676. The first kappa shape index (κ1) is 15.8. The number of anilines is 1. The highest BCUT2D eigenvalue weighted by molar-refractivity contribution is 6.22. The van der Waals surface area contributed by atoms with Gasteiger partial charge in [-0.25, -0.2) is 4.90 Å². The van der Waals surface area contributed by atoms with Crippen LogP contribution in [0.4, 0.5) is 18.9 Å². The Morgan fingerprint density at radius 2 is 1.54 bits per heavy atom. The van der Waals surface area contributed by atoms with E-state index >= 15 is 0 Å². The zero-order chi connectivity index (χ0) is 17.5. The van der Waals surface area contributed by atoms with Gasteiger partial charge in [-0.1, -0.05) is 12.1 Å². The van der Waals surface area contributed by atoms with Crippen molar-refractivity contribution in [3.8, 4) is 0 Å². The molecular formula is C17H11F3N2O2. The molecule has 0 fully saturated rings. The van der Waals surface area contributed by atoms with E-state index in [1.54, 1.807) is 12.1 Å². The molecule has 0 radical (unpaired) electrons. The SMILES string of the molecule is Nc1cc(C=CN2C(=O)c3ccccc3C2=O)cc(C(F)(F)F)c1. The smallest absolute Gasteiger partial charge is 0.399 e. The second-order valence-corrected chi connectivity index (χ2v) is 5.23. The summed E-state index contributed by atoms with van der Waals surface area (Å²) in [6, 6.07) is 9.33. The predicted octanol–water partition coefficient (Wildman–Crippen LogP) is 3.55. The number of alkyl halides is 3. The van der Waals surface area contributed by atoms with Crippen LogP contribution in [0.15, 0.2) is 48.7 Å². The van der Waals surface area contributed by atoms with Crippen LogP contribution in [0.25, 0.3) is 6.08 Å². The maximum atomic E-state index is 12.8. The number of nitrogen functional groups attached to an aromatic ring is 1. The van der Waals surface area contributed by atoms with E-state index in [0.29, 0.717) is 0 Å². The Bertz CT molecular complexity index is 837. The van der Waals surface area contributed by atoms with E-state index in [4.69, 9.17) is 5.73 Å². The van der Waals surface area contributed by atoms with E-state index in [-0.39, 0.29) is 22.4 Å². The minimum absolute atomic E-state index is 0.0631. The highest BCUT2D eigenvalue weighted by Gasteiger charge is 2.34. The first-order valence-corrected chi connectivity index (χ1v) is 6.90. The molecular weight excluding hydrogens is 321 g/mol. The van der Waals surface area contributed by atoms with Gasteiger partial charge in [0.1, 0.15) is 0 Å². The van der Waals surface area contributed by atoms with Gasteiger partial charge in [0, 0.05) is 11.9 Å². The highest BCUT2D eigenvalue weighted by Crippen LogP contribution is 2.32. The lowest BCUT2D eigenvalue weighted by molar-refractivity contribution is -0.137. The van der Waals surface area contributed by atoms with Crippen molar-refractivity contribution in [2.75, 3.05) is 5.73 Å². The van der Waals surface area contributed by atoms with Crippen LogP contribution >= 0.6 is 0 Å². The average molecular weight is 332 g/mol. The molecule has 1 aliphatic heterocycles. The normalized spacial score (nSPS) is 14.5. The Kier molecular flexibility index (Phi) is 3.63. The van der Waals surface area contributed by atoms with Gasteiger partial charge in [0.25, 0.3) is 11.8 Å². The highest BCUT2D eigenvalue weighted by atomic mass is 19.4. The summed E-state index contributed by atoms with van der Waals surface area (Å²) >= 11 is 0. The zero-order valence-electron chi connectivity index (χ0n) is 12.2.